The average molecular weight is 316 g/mol. The van der Waals surface area contributed by atoms with E-state index >= 15 is 0 Å². The Labute approximate surface area is 136 Å². The molecular formula is C18H36O4. The predicted molar refractivity (Wildman–Crippen MR) is 88.7 cm³/mol. The van der Waals surface area contributed by atoms with Gasteiger partial charge in [0, 0.05) is 10.8 Å². The van der Waals surface area contributed by atoms with Gasteiger partial charge in [-0.3, -0.25) is 0 Å². The Bertz CT molecular complexity index is 300. The van der Waals surface area contributed by atoms with Gasteiger partial charge in [0.2, 0.25) is 0 Å². The van der Waals surface area contributed by atoms with E-state index in [1.165, 1.54) is 0 Å². The van der Waals surface area contributed by atoms with Gasteiger partial charge in [0.25, 0.3) is 0 Å². The van der Waals surface area contributed by atoms with Crippen LogP contribution >= 0.6 is 0 Å². The molecule has 0 amide bonds. The van der Waals surface area contributed by atoms with Crippen molar-refractivity contribution in [2.75, 3.05) is 13.2 Å². The van der Waals surface area contributed by atoms with Gasteiger partial charge in [-0.1, -0.05) is 41.5 Å². The Hall–Kier alpha value is -0.160. The highest BCUT2D eigenvalue weighted by atomic mass is 16.7. The van der Waals surface area contributed by atoms with Gasteiger partial charge in [0.05, 0.1) is 25.4 Å². The molecule has 0 radical (unpaired) electrons. The molecule has 2 atom stereocenters. The van der Waals surface area contributed by atoms with Crippen LogP contribution in [-0.4, -0.2) is 38.0 Å². The monoisotopic (exact) mass is 316 g/mol. The summed E-state index contributed by atoms with van der Waals surface area (Å²) in [5.41, 5.74) is 0.212. The van der Waals surface area contributed by atoms with Gasteiger partial charge < -0.3 is 18.9 Å². The van der Waals surface area contributed by atoms with Crippen LogP contribution in [0.15, 0.2) is 0 Å². The maximum absolute atomic E-state index is 5.70. The molecule has 22 heavy (non-hydrogen) atoms. The summed E-state index contributed by atoms with van der Waals surface area (Å²) in [7, 11) is 0. The van der Waals surface area contributed by atoms with Crippen molar-refractivity contribution in [2.24, 2.45) is 10.8 Å². The Balaban J connectivity index is 0.000000224. The zero-order chi connectivity index (χ0) is 17.0. The maximum atomic E-state index is 5.70. The molecule has 4 nitrogen and oxygen atoms in total. The third-order valence-electron chi connectivity index (χ3n) is 3.62. The highest BCUT2D eigenvalue weighted by Crippen LogP contribution is 2.30. The maximum Gasteiger partial charge on any atom is 0.163 e. The Morgan fingerprint density at radius 3 is 1.41 bits per heavy atom. The number of ether oxygens (including phenoxy) is 4. The second-order valence-electron chi connectivity index (χ2n) is 8.62. The fraction of sp³-hybridized carbons (Fsp3) is 1.00. The number of hydrogen-bond acceptors (Lipinski definition) is 4. The minimum absolute atomic E-state index is 0.00116. The molecule has 0 aromatic rings. The molecule has 2 rings (SSSR count). The highest BCUT2D eigenvalue weighted by molar-refractivity contribution is 4.74. The first-order valence-corrected chi connectivity index (χ1v) is 8.54. The smallest absolute Gasteiger partial charge is 0.163 e. The van der Waals surface area contributed by atoms with Crippen molar-refractivity contribution in [3.8, 4) is 0 Å². The van der Waals surface area contributed by atoms with Crippen LogP contribution in [0.1, 0.15) is 68.2 Å². The van der Waals surface area contributed by atoms with Crippen molar-refractivity contribution in [3.63, 3.8) is 0 Å². The van der Waals surface area contributed by atoms with Crippen LogP contribution in [-0.2, 0) is 18.9 Å². The van der Waals surface area contributed by atoms with Gasteiger partial charge >= 0.3 is 0 Å². The van der Waals surface area contributed by atoms with E-state index < -0.39 is 0 Å². The van der Waals surface area contributed by atoms with E-state index in [0.29, 0.717) is 12.2 Å². The molecule has 0 aromatic heterocycles. The fourth-order valence-corrected chi connectivity index (χ4v) is 2.43. The second-order valence-corrected chi connectivity index (χ2v) is 8.62. The van der Waals surface area contributed by atoms with Crippen LogP contribution in [0.3, 0.4) is 0 Å². The number of rotatable bonds is 0. The molecule has 2 aliphatic heterocycles. The summed E-state index contributed by atoms with van der Waals surface area (Å²) in [4.78, 5) is 0. The van der Waals surface area contributed by atoms with Crippen molar-refractivity contribution in [3.05, 3.63) is 0 Å². The van der Waals surface area contributed by atoms with E-state index in [4.69, 9.17) is 18.9 Å². The van der Waals surface area contributed by atoms with E-state index in [1.807, 2.05) is 0 Å². The summed E-state index contributed by atoms with van der Waals surface area (Å²) in [5, 5.41) is 0. The van der Waals surface area contributed by atoms with Crippen molar-refractivity contribution >= 4 is 0 Å². The van der Waals surface area contributed by atoms with Crippen LogP contribution in [0, 0.1) is 10.8 Å². The standard InChI is InChI=1S/C10H20O2.C8H16O2/c1-7-6-8(2)12-9(11-7)10(3,4)5;1-8(2,3)7-9-5-4-6-10-7/h7-9H,6H2,1-5H3;7H,4-6H2,1-3H3. The Morgan fingerprint density at radius 1 is 0.682 bits per heavy atom. The molecule has 0 N–H and O–H groups in total. The molecule has 0 bridgehead atoms. The molecule has 0 saturated carbocycles. The molecule has 2 heterocycles. The topological polar surface area (TPSA) is 36.9 Å². The normalized spacial score (nSPS) is 31.4. The lowest BCUT2D eigenvalue weighted by Crippen LogP contribution is -2.42. The molecule has 2 unspecified atom stereocenters. The highest BCUT2D eigenvalue weighted by Gasteiger charge is 2.33. The van der Waals surface area contributed by atoms with Crippen LogP contribution in [0.25, 0.3) is 0 Å². The van der Waals surface area contributed by atoms with Gasteiger partial charge in [-0.05, 0) is 26.7 Å². The summed E-state index contributed by atoms with van der Waals surface area (Å²) in [6.07, 6.45) is 2.66. The summed E-state index contributed by atoms with van der Waals surface area (Å²) >= 11 is 0. The third kappa shape index (κ3) is 6.95. The zero-order valence-electron chi connectivity index (χ0n) is 15.8. The van der Waals surface area contributed by atoms with Gasteiger partial charge in [-0.25, -0.2) is 0 Å². The van der Waals surface area contributed by atoms with Gasteiger partial charge in [0.15, 0.2) is 12.6 Å². The lowest BCUT2D eigenvalue weighted by atomic mass is 9.94. The Morgan fingerprint density at radius 2 is 1.09 bits per heavy atom. The first kappa shape index (κ1) is 19.9. The second kappa shape index (κ2) is 8.09. The van der Waals surface area contributed by atoms with Crippen molar-refractivity contribution in [1.82, 2.24) is 0 Å². The van der Waals surface area contributed by atoms with Crippen molar-refractivity contribution in [1.29, 1.82) is 0 Å². The molecule has 0 spiro atoms. The van der Waals surface area contributed by atoms with E-state index in [9.17, 15) is 0 Å². The van der Waals surface area contributed by atoms with Crippen LogP contribution in [0.5, 0.6) is 0 Å². The fourth-order valence-electron chi connectivity index (χ4n) is 2.43. The van der Waals surface area contributed by atoms with Gasteiger partial charge in [-0.2, -0.15) is 0 Å². The molecule has 2 fully saturated rings. The van der Waals surface area contributed by atoms with Crippen LogP contribution in [0.4, 0.5) is 0 Å². The minimum Gasteiger partial charge on any atom is -0.352 e. The molecule has 132 valence electrons. The van der Waals surface area contributed by atoms with E-state index in [-0.39, 0.29) is 23.4 Å². The molecule has 0 aliphatic carbocycles. The summed E-state index contributed by atoms with van der Waals surface area (Å²) < 4.78 is 22.2. The average Bonchev–Trinajstić information content (AvgIpc) is 2.37. The van der Waals surface area contributed by atoms with Crippen molar-refractivity contribution in [2.45, 2.75) is 93.0 Å². The lowest BCUT2D eigenvalue weighted by Gasteiger charge is -2.39. The first-order valence-electron chi connectivity index (χ1n) is 8.54. The SMILES string of the molecule is CC(C)(C)C1OCCCO1.CC1CC(C)OC(C(C)(C)C)O1. The minimum atomic E-state index is -0.0451. The van der Waals surface area contributed by atoms with E-state index in [1.54, 1.807) is 0 Å². The molecular weight excluding hydrogens is 280 g/mol. The van der Waals surface area contributed by atoms with E-state index in [2.05, 4.69) is 55.4 Å². The molecule has 4 heteroatoms. The zero-order valence-corrected chi connectivity index (χ0v) is 15.8. The van der Waals surface area contributed by atoms with Crippen molar-refractivity contribution < 1.29 is 18.9 Å². The third-order valence-corrected chi connectivity index (χ3v) is 3.62. The quantitative estimate of drug-likeness (QED) is 0.665. The summed E-state index contributed by atoms with van der Waals surface area (Å²) in [6, 6.07) is 0. The summed E-state index contributed by atoms with van der Waals surface area (Å²) in [6.45, 7) is 18.7. The lowest BCUT2D eigenvalue weighted by molar-refractivity contribution is -0.271. The van der Waals surface area contributed by atoms with Crippen LogP contribution in [0.2, 0.25) is 0 Å². The molecule has 0 aromatic carbocycles. The largest absolute Gasteiger partial charge is 0.352 e. The Kier molecular flexibility index (Phi) is 7.31. The summed E-state index contributed by atoms with van der Waals surface area (Å²) in [5.74, 6) is 0. The first-order chi connectivity index (χ1) is 10.00. The number of hydrogen-bond donors (Lipinski definition) is 0. The molecule has 2 aliphatic rings. The van der Waals surface area contributed by atoms with Gasteiger partial charge in [0.1, 0.15) is 0 Å². The van der Waals surface area contributed by atoms with E-state index in [0.717, 1.165) is 26.1 Å². The van der Waals surface area contributed by atoms with Gasteiger partial charge in [-0.15, -0.1) is 0 Å². The molecule has 2 saturated heterocycles. The van der Waals surface area contributed by atoms with Crippen LogP contribution < -0.4 is 0 Å². The predicted octanol–water partition coefficient (Wildman–Crippen LogP) is 4.37.